The molecule has 104 valence electrons. The average Bonchev–Trinajstić information content (AvgIpc) is 2.40. The lowest BCUT2D eigenvalue weighted by Gasteiger charge is -2.09. The van der Waals surface area contributed by atoms with E-state index in [1.54, 1.807) is 12.1 Å². The third-order valence-corrected chi connectivity index (χ3v) is 4.26. The van der Waals surface area contributed by atoms with E-state index in [1.807, 2.05) is 25.1 Å². The maximum atomic E-state index is 11.0. The summed E-state index contributed by atoms with van der Waals surface area (Å²) in [6, 6.07) is 10.8. The minimum absolute atomic E-state index is 0.120. The fourth-order valence-corrected chi connectivity index (χ4v) is 2.48. The van der Waals surface area contributed by atoms with Gasteiger partial charge in [-0.25, -0.2) is 0 Å². The molecule has 0 aliphatic heterocycles. The summed E-state index contributed by atoms with van der Waals surface area (Å²) in [7, 11) is 0. The van der Waals surface area contributed by atoms with Crippen molar-refractivity contribution in [1.82, 2.24) is 0 Å². The fourth-order valence-electron chi connectivity index (χ4n) is 1.83. The number of nitro groups is 1. The average molecular weight is 400 g/mol. The molecule has 0 radical (unpaired) electrons. The number of hydrogen-bond donors (Lipinski definition) is 1. The standard InChI is InChI=1S/C14H12Br2N2O2/c1-9-6-12(3-4-13(9)16)17-8-10-7-11(15)2-5-14(10)18(19)20/h2-7,17H,8H2,1H3. The number of halogens is 2. The van der Waals surface area contributed by atoms with Crippen LogP contribution in [0.1, 0.15) is 11.1 Å². The zero-order valence-electron chi connectivity index (χ0n) is 10.7. The molecule has 0 aliphatic rings. The summed E-state index contributed by atoms with van der Waals surface area (Å²) in [5.41, 5.74) is 2.80. The van der Waals surface area contributed by atoms with Crippen molar-refractivity contribution in [2.24, 2.45) is 0 Å². The lowest BCUT2D eigenvalue weighted by molar-refractivity contribution is -0.385. The van der Waals surface area contributed by atoms with Crippen molar-refractivity contribution in [1.29, 1.82) is 0 Å². The van der Waals surface area contributed by atoms with Crippen molar-refractivity contribution in [3.8, 4) is 0 Å². The maximum Gasteiger partial charge on any atom is 0.274 e. The molecule has 0 atom stereocenters. The second-order valence-corrected chi connectivity index (χ2v) is 6.12. The smallest absolute Gasteiger partial charge is 0.274 e. The molecule has 0 amide bonds. The molecular formula is C14H12Br2N2O2. The molecule has 1 N–H and O–H groups in total. The number of nitrogens with zero attached hydrogens (tertiary/aromatic N) is 1. The van der Waals surface area contributed by atoms with Crippen LogP contribution < -0.4 is 5.32 Å². The minimum Gasteiger partial charge on any atom is -0.381 e. The van der Waals surface area contributed by atoms with Crippen LogP contribution in [0.4, 0.5) is 11.4 Å². The van der Waals surface area contributed by atoms with Crippen molar-refractivity contribution in [2.45, 2.75) is 13.5 Å². The van der Waals surface area contributed by atoms with Gasteiger partial charge in [0.25, 0.3) is 5.69 Å². The highest BCUT2D eigenvalue weighted by Crippen LogP contribution is 2.25. The lowest BCUT2D eigenvalue weighted by atomic mass is 10.1. The Balaban J connectivity index is 2.20. The molecule has 0 saturated heterocycles. The Morgan fingerprint density at radius 1 is 1.20 bits per heavy atom. The number of benzene rings is 2. The summed E-state index contributed by atoms with van der Waals surface area (Å²) in [4.78, 5) is 10.6. The number of nitro benzene ring substituents is 1. The molecule has 0 bridgehead atoms. The Morgan fingerprint density at radius 3 is 2.60 bits per heavy atom. The molecule has 0 spiro atoms. The highest BCUT2D eigenvalue weighted by Gasteiger charge is 2.13. The fraction of sp³-hybridized carbons (Fsp3) is 0.143. The third kappa shape index (κ3) is 3.58. The molecule has 0 heterocycles. The van der Waals surface area contributed by atoms with E-state index in [0.717, 1.165) is 20.2 Å². The van der Waals surface area contributed by atoms with Gasteiger partial charge >= 0.3 is 0 Å². The summed E-state index contributed by atoms with van der Waals surface area (Å²) >= 11 is 6.78. The molecule has 2 aromatic rings. The van der Waals surface area contributed by atoms with Crippen molar-refractivity contribution < 1.29 is 4.92 Å². The third-order valence-electron chi connectivity index (χ3n) is 2.88. The zero-order valence-corrected chi connectivity index (χ0v) is 13.9. The van der Waals surface area contributed by atoms with Gasteiger partial charge in [0.15, 0.2) is 0 Å². The molecule has 0 aromatic heterocycles. The van der Waals surface area contributed by atoms with Crippen LogP contribution in [0.2, 0.25) is 0 Å². The van der Waals surface area contributed by atoms with Gasteiger partial charge in [-0.1, -0.05) is 31.9 Å². The van der Waals surface area contributed by atoms with Gasteiger partial charge in [-0.15, -0.1) is 0 Å². The number of anilines is 1. The topological polar surface area (TPSA) is 55.2 Å². The van der Waals surface area contributed by atoms with Crippen molar-refractivity contribution in [3.05, 3.63) is 66.6 Å². The SMILES string of the molecule is Cc1cc(NCc2cc(Br)ccc2[N+](=O)[O-])ccc1Br. The Labute approximate surface area is 133 Å². The first-order valence-corrected chi connectivity index (χ1v) is 7.49. The summed E-state index contributed by atoms with van der Waals surface area (Å²) in [5, 5.41) is 14.2. The van der Waals surface area contributed by atoms with Crippen LogP contribution in [-0.4, -0.2) is 4.92 Å². The van der Waals surface area contributed by atoms with E-state index in [-0.39, 0.29) is 10.6 Å². The zero-order chi connectivity index (χ0) is 14.7. The summed E-state index contributed by atoms with van der Waals surface area (Å²) in [6.45, 7) is 2.40. The second kappa shape index (κ2) is 6.37. The second-order valence-electron chi connectivity index (χ2n) is 4.35. The van der Waals surface area contributed by atoms with Crippen molar-refractivity contribution in [3.63, 3.8) is 0 Å². The number of rotatable bonds is 4. The molecule has 6 heteroatoms. The summed E-state index contributed by atoms with van der Waals surface area (Å²) in [6.07, 6.45) is 0. The largest absolute Gasteiger partial charge is 0.381 e. The van der Waals surface area contributed by atoms with E-state index in [1.165, 1.54) is 6.07 Å². The highest BCUT2D eigenvalue weighted by atomic mass is 79.9. The van der Waals surface area contributed by atoms with Gasteiger partial charge < -0.3 is 5.32 Å². The van der Waals surface area contributed by atoms with E-state index in [2.05, 4.69) is 37.2 Å². The number of aryl methyl sites for hydroxylation is 1. The van der Waals surface area contributed by atoms with E-state index in [9.17, 15) is 10.1 Å². The summed E-state index contributed by atoms with van der Waals surface area (Å²) in [5.74, 6) is 0. The Morgan fingerprint density at radius 2 is 1.95 bits per heavy atom. The van der Waals surface area contributed by atoms with Crippen LogP contribution in [0, 0.1) is 17.0 Å². The van der Waals surface area contributed by atoms with Gasteiger partial charge in [0.2, 0.25) is 0 Å². The maximum absolute atomic E-state index is 11.0. The van der Waals surface area contributed by atoms with Gasteiger partial charge in [0.1, 0.15) is 0 Å². The van der Waals surface area contributed by atoms with Crippen LogP contribution in [0.3, 0.4) is 0 Å². The molecule has 0 fully saturated rings. The van der Waals surface area contributed by atoms with Gasteiger partial charge in [0, 0.05) is 32.8 Å². The molecule has 20 heavy (non-hydrogen) atoms. The molecular weight excluding hydrogens is 388 g/mol. The van der Waals surface area contributed by atoms with Crippen LogP contribution in [0.5, 0.6) is 0 Å². The predicted octanol–water partition coefficient (Wildman–Crippen LogP) is 5.04. The lowest BCUT2D eigenvalue weighted by Crippen LogP contribution is -2.03. The first-order chi connectivity index (χ1) is 9.47. The highest BCUT2D eigenvalue weighted by molar-refractivity contribution is 9.10. The molecule has 0 unspecified atom stereocenters. The number of nitrogens with one attached hydrogen (secondary N) is 1. The van der Waals surface area contributed by atoms with Crippen LogP contribution in [0.15, 0.2) is 45.3 Å². The molecule has 2 rings (SSSR count). The molecule has 2 aromatic carbocycles. The van der Waals surface area contributed by atoms with Crippen LogP contribution >= 0.6 is 31.9 Å². The van der Waals surface area contributed by atoms with Crippen molar-refractivity contribution in [2.75, 3.05) is 5.32 Å². The van der Waals surface area contributed by atoms with Gasteiger partial charge in [-0.05, 0) is 42.8 Å². The van der Waals surface area contributed by atoms with Gasteiger partial charge in [-0.2, -0.15) is 0 Å². The predicted molar refractivity (Wildman–Crippen MR) is 87.0 cm³/mol. The first-order valence-electron chi connectivity index (χ1n) is 5.90. The quantitative estimate of drug-likeness (QED) is 0.578. The van der Waals surface area contributed by atoms with Crippen molar-refractivity contribution >= 4 is 43.2 Å². The van der Waals surface area contributed by atoms with Crippen LogP contribution in [-0.2, 0) is 6.54 Å². The monoisotopic (exact) mass is 398 g/mol. The minimum atomic E-state index is -0.365. The summed E-state index contributed by atoms with van der Waals surface area (Å²) < 4.78 is 1.86. The van der Waals surface area contributed by atoms with Gasteiger partial charge in [-0.3, -0.25) is 10.1 Å². The molecule has 4 nitrogen and oxygen atoms in total. The van der Waals surface area contributed by atoms with E-state index >= 15 is 0 Å². The molecule has 0 saturated carbocycles. The van der Waals surface area contributed by atoms with Gasteiger partial charge in [0.05, 0.1) is 4.92 Å². The normalized spacial score (nSPS) is 10.3. The first kappa shape index (κ1) is 15.0. The van der Waals surface area contributed by atoms with E-state index in [4.69, 9.17) is 0 Å². The van der Waals surface area contributed by atoms with E-state index < -0.39 is 0 Å². The van der Waals surface area contributed by atoms with Crippen LogP contribution in [0.25, 0.3) is 0 Å². The number of hydrogen-bond acceptors (Lipinski definition) is 3. The Kier molecular flexibility index (Phi) is 4.77. The van der Waals surface area contributed by atoms with E-state index in [0.29, 0.717) is 12.1 Å². The Bertz CT molecular complexity index is 660. The molecule has 0 aliphatic carbocycles. The Hall–Kier alpha value is -1.40.